The Morgan fingerprint density at radius 2 is 2.00 bits per heavy atom. The van der Waals surface area contributed by atoms with Gasteiger partial charge in [0.2, 0.25) is 0 Å². The number of aryl methyl sites for hydroxylation is 1. The van der Waals surface area contributed by atoms with Gasteiger partial charge in [-0.3, -0.25) is 0 Å². The van der Waals surface area contributed by atoms with E-state index in [1.165, 1.54) is 19.1 Å². The highest BCUT2D eigenvalue weighted by Crippen LogP contribution is 2.22. The minimum absolute atomic E-state index is 0.221. The van der Waals surface area contributed by atoms with E-state index < -0.39 is 11.6 Å². The molecule has 76 valence electrons. The molecule has 0 aliphatic rings. The van der Waals surface area contributed by atoms with Crippen LogP contribution in [0.4, 0.5) is 8.78 Å². The molecule has 0 atom stereocenters. The summed E-state index contributed by atoms with van der Waals surface area (Å²) in [6.07, 6.45) is 0.472. The average Bonchev–Trinajstić information content (AvgIpc) is 2.11. The number of hydrogen-bond donors (Lipinski definition) is 1. The molecular formula is C11H13F2N. The summed E-state index contributed by atoms with van der Waals surface area (Å²) in [5, 5.41) is 0. The Hall–Kier alpha value is -1.22. The predicted octanol–water partition coefficient (Wildman–Crippen LogP) is 2.64. The third kappa shape index (κ3) is 2.17. The van der Waals surface area contributed by atoms with Crippen LogP contribution in [0.2, 0.25) is 0 Å². The third-order valence-corrected chi connectivity index (χ3v) is 2.08. The van der Waals surface area contributed by atoms with Crippen LogP contribution in [0.1, 0.15) is 17.5 Å². The van der Waals surface area contributed by atoms with Gasteiger partial charge in [0.15, 0.2) is 0 Å². The maximum atomic E-state index is 13.3. The summed E-state index contributed by atoms with van der Waals surface area (Å²) in [6, 6.07) is 2.34. The van der Waals surface area contributed by atoms with E-state index in [9.17, 15) is 8.78 Å². The zero-order valence-electron chi connectivity index (χ0n) is 8.11. The molecule has 2 N–H and O–H groups in total. The highest BCUT2D eigenvalue weighted by molar-refractivity contribution is 5.64. The third-order valence-electron chi connectivity index (χ3n) is 2.08. The van der Waals surface area contributed by atoms with Crippen molar-refractivity contribution in [2.75, 3.05) is 6.54 Å². The number of benzene rings is 1. The number of nitrogens with two attached hydrogens (primary N) is 1. The normalized spacial score (nSPS) is 10.3. The fraction of sp³-hybridized carbons (Fsp3) is 0.273. The molecule has 0 saturated carbocycles. The maximum absolute atomic E-state index is 13.3. The first-order valence-corrected chi connectivity index (χ1v) is 4.40. The molecule has 0 radical (unpaired) electrons. The van der Waals surface area contributed by atoms with Gasteiger partial charge < -0.3 is 5.73 Å². The molecule has 0 aliphatic carbocycles. The average molecular weight is 197 g/mol. The van der Waals surface area contributed by atoms with E-state index in [2.05, 4.69) is 6.58 Å². The molecule has 1 rings (SSSR count). The Balaban J connectivity index is 3.09. The summed E-state index contributed by atoms with van der Waals surface area (Å²) < 4.78 is 26.5. The lowest BCUT2D eigenvalue weighted by atomic mass is 10.0. The summed E-state index contributed by atoms with van der Waals surface area (Å²) in [4.78, 5) is 0. The van der Waals surface area contributed by atoms with Crippen molar-refractivity contribution < 1.29 is 8.78 Å². The lowest BCUT2D eigenvalue weighted by Crippen LogP contribution is -2.01. The molecule has 3 heteroatoms. The van der Waals surface area contributed by atoms with Gasteiger partial charge in [0.25, 0.3) is 0 Å². The van der Waals surface area contributed by atoms with Crippen molar-refractivity contribution in [2.45, 2.75) is 13.3 Å². The summed E-state index contributed by atoms with van der Waals surface area (Å²) in [6.45, 7) is 5.56. The van der Waals surface area contributed by atoms with Crippen molar-refractivity contribution in [3.63, 3.8) is 0 Å². The Morgan fingerprint density at radius 3 is 2.57 bits per heavy atom. The predicted molar refractivity (Wildman–Crippen MR) is 53.8 cm³/mol. The Bertz CT molecular complexity index is 359. The topological polar surface area (TPSA) is 26.0 Å². The van der Waals surface area contributed by atoms with Crippen LogP contribution in [0.25, 0.3) is 5.57 Å². The van der Waals surface area contributed by atoms with E-state index in [4.69, 9.17) is 5.73 Å². The molecule has 0 unspecified atom stereocenters. The molecule has 1 aromatic rings. The molecule has 0 heterocycles. The van der Waals surface area contributed by atoms with Gasteiger partial charge in [-0.05, 0) is 43.2 Å². The first-order valence-electron chi connectivity index (χ1n) is 4.40. The van der Waals surface area contributed by atoms with Crippen molar-refractivity contribution in [3.8, 4) is 0 Å². The summed E-state index contributed by atoms with van der Waals surface area (Å²) >= 11 is 0. The van der Waals surface area contributed by atoms with Crippen LogP contribution in [-0.4, -0.2) is 6.54 Å². The van der Waals surface area contributed by atoms with Crippen LogP contribution in [0.5, 0.6) is 0 Å². The second-order valence-electron chi connectivity index (χ2n) is 3.22. The van der Waals surface area contributed by atoms with Gasteiger partial charge in [-0.2, -0.15) is 0 Å². The Labute approximate surface area is 82.2 Å². The quantitative estimate of drug-likeness (QED) is 0.792. The number of rotatable bonds is 3. The van der Waals surface area contributed by atoms with Crippen molar-refractivity contribution >= 4 is 5.57 Å². The fourth-order valence-electron chi connectivity index (χ4n) is 1.23. The largest absolute Gasteiger partial charge is 0.330 e. The molecule has 0 fully saturated rings. The number of hydrogen-bond acceptors (Lipinski definition) is 1. The molecule has 1 nitrogen and oxygen atoms in total. The lowest BCUT2D eigenvalue weighted by Gasteiger charge is -2.07. The van der Waals surface area contributed by atoms with E-state index in [0.717, 1.165) is 0 Å². The first-order chi connectivity index (χ1) is 6.56. The van der Waals surface area contributed by atoms with Crippen molar-refractivity contribution in [1.29, 1.82) is 0 Å². The lowest BCUT2D eigenvalue weighted by molar-refractivity contribution is 0.589. The summed E-state index contributed by atoms with van der Waals surface area (Å²) in [7, 11) is 0. The zero-order chi connectivity index (χ0) is 10.7. The van der Waals surface area contributed by atoms with Gasteiger partial charge in [-0.1, -0.05) is 6.58 Å². The highest BCUT2D eigenvalue weighted by atomic mass is 19.1. The van der Waals surface area contributed by atoms with Crippen LogP contribution in [0, 0.1) is 18.6 Å². The van der Waals surface area contributed by atoms with Gasteiger partial charge >= 0.3 is 0 Å². The fourth-order valence-corrected chi connectivity index (χ4v) is 1.23. The summed E-state index contributed by atoms with van der Waals surface area (Å²) in [5.74, 6) is -0.859. The Kier molecular flexibility index (Phi) is 3.36. The van der Waals surface area contributed by atoms with Gasteiger partial charge in [-0.15, -0.1) is 0 Å². The van der Waals surface area contributed by atoms with E-state index in [1.54, 1.807) is 0 Å². The Morgan fingerprint density at radius 1 is 1.36 bits per heavy atom. The van der Waals surface area contributed by atoms with E-state index in [1.807, 2.05) is 0 Å². The molecule has 0 saturated heterocycles. The van der Waals surface area contributed by atoms with Gasteiger partial charge in [0.05, 0.1) is 0 Å². The minimum atomic E-state index is -0.442. The van der Waals surface area contributed by atoms with Crippen LogP contribution in [-0.2, 0) is 0 Å². The second kappa shape index (κ2) is 4.33. The molecular weight excluding hydrogens is 184 g/mol. The maximum Gasteiger partial charge on any atom is 0.131 e. The molecule has 0 bridgehead atoms. The zero-order valence-corrected chi connectivity index (χ0v) is 8.11. The SMILES string of the molecule is C=C(CCN)c1cc(F)c(C)cc1F. The van der Waals surface area contributed by atoms with Crippen molar-refractivity contribution in [1.82, 2.24) is 0 Å². The van der Waals surface area contributed by atoms with Crippen LogP contribution in [0.3, 0.4) is 0 Å². The van der Waals surface area contributed by atoms with Gasteiger partial charge in [0.1, 0.15) is 11.6 Å². The molecule has 0 spiro atoms. The highest BCUT2D eigenvalue weighted by Gasteiger charge is 2.09. The molecule has 1 aromatic carbocycles. The summed E-state index contributed by atoms with van der Waals surface area (Å²) in [5.41, 5.74) is 6.36. The van der Waals surface area contributed by atoms with E-state index in [-0.39, 0.29) is 5.56 Å². The molecule has 0 amide bonds. The van der Waals surface area contributed by atoms with Crippen LogP contribution >= 0.6 is 0 Å². The van der Waals surface area contributed by atoms with Crippen molar-refractivity contribution in [3.05, 3.63) is 41.5 Å². The first kappa shape index (κ1) is 10.9. The minimum Gasteiger partial charge on any atom is -0.330 e. The van der Waals surface area contributed by atoms with E-state index >= 15 is 0 Å². The van der Waals surface area contributed by atoms with Crippen LogP contribution in [0.15, 0.2) is 18.7 Å². The molecule has 14 heavy (non-hydrogen) atoms. The smallest absolute Gasteiger partial charge is 0.131 e. The van der Waals surface area contributed by atoms with Crippen LogP contribution < -0.4 is 5.73 Å². The monoisotopic (exact) mass is 197 g/mol. The molecule has 0 aliphatic heterocycles. The van der Waals surface area contributed by atoms with Gasteiger partial charge in [-0.25, -0.2) is 8.78 Å². The number of halogens is 2. The standard InChI is InChI=1S/C11H13F2N/c1-7(3-4-14)9-6-10(12)8(2)5-11(9)13/h5-6H,1,3-4,14H2,2H3. The van der Waals surface area contributed by atoms with Gasteiger partial charge in [0, 0.05) is 5.56 Å². The van der Waals surface area contributed by atoms with E-state index in [0.29, 0.717) is 24.1 Å². The second-order valence-corrected chi connectivity index (χ2v) is 3.22. The molecule has 0 aromatic heterocycles. The van der Waals surface area contributed by atoms with Crippen molar-refractivity contribution in [2.24, 2.45) is 5.73 Å².